The number of fused-ring (bicyclic) bond motifs is 1. The van der Waals surface area contributed by atoms with Crippen molar-refractivity contribution in [1.82, 2.24) is 14.9 Å². The molecule has 0 spiro atoms. The second kappa shape index (κ2) is 16.5. The number of anilines is 1. The third-order valence-corrected chi connectivity index (χ3v) is 9.43. The number of nitrogens with one attached hydrogen (secondary N) is 2. The third-order valence-electron chi connectivity index (χ3n) is 7.91. The van der Waals surface area contributed by atoms with Gasteiger partial charge >= 0.3 is 0 Å². The molecule has 0 unspecified atom stereocenters. The van der Waals surface area contributed by atoms with Gasteiger partial charge in [-0.25, -0.2) is 13.1 Å². The van der Waals surface area contributed by atoms with Crippen molar-refractivity contribution in [1.29, 1.82) is 0 Å². The van der Waals surface area contributed by atoms with Crippen LogP contribution in [0.2, 0.25) is 0 Å². The minimum Gasteiger partial charge on any atom is -0.395 e. The minimum atomic E-state index is -3.64. The van der Waals surface area contributed by atoms with Gasteiger partial charge in [0, 0.05) is 56.6 Å². The number of hydrogen-bond acceptors (Lipinski definition) is 9. The van der Waals surface area contributed by atoms with Crippen LogP contribution in [0.3, 0.4) is 0 Å². The lowest BCUT2D eigenvalue weighted by Crippen LogP contribution is -2.62. The summed E-state index contributed by atoms with van der Waals surface area (Å²) in [5.41, 5.74) is 0.965. The van der Waals surface area contributed by atoms with E-state index in [9.17, 15) is 33.6 Å². The molecule has 0 bridgehead atoms. The molecule has 1 fully saturated rings. The summed E-state index contributed by atoms with van der Waals surface area (Å²) in [7, 11) is 0.225. The van der Waals surface area contributed by atoms with E-state index in [4.69, 9.17) is 0 Å². The van der Waals surface area contributed by atoms with Crippen LogP contribution in [0.4, 0.5) is 5.69 Å². The molecular weight excluding hydrogens is 560 g/mol. The number of piperidine rings is 1. The molecule has 11 nitrogen and oxygen atoms in total. The molecule has 1 saturated heterocycles. The third kappa shape index (κ3) is 9.34. The molecule has 0 aromatic heterocycles. The number of aliphatic hydroxyl groups is 4. The van der Waals surface area contributed by atoms with E-state index in [0.717, 1.165) is 43.2 Å². The van der Waals surface area contributed by atoms with Crippen molar-refractivity contribution in [2.75, 3.05) is 51.8 Å². The molecular formula is C30H48N4O7S. The van der Waals surface area contributed by atoms with Gasteiger partial charge in [0.2, 0.25) is 15.9 Å². The van der Waals surface area contributed by atoms with Crippen molar-refractivity contribution in [3.8, 4) is 0 Å². The predicted molar refractivity (Wildman–Crippen MR) is 164 cm³/mol. The first kappa shape index (κ1) is 34.2. The lowest BCUT2D eigenvalue weighted by atomic mass is 9.94. The summed E-state index contributed by atoms with van der Waals surface area (Å²) in [6, 6.07) is 10.4. The average molecular weight is 609 g/mol. The number of nitrogens with zero attached hydrogens (tertiary/aromatic N) is 2. The highest BCUT2D eigenvalue weighted by Gasteiger charge is 2.40. The Morgan fingerprint density at radius 1 is 0.905 bits per heavy atom. The second-order valence-electron chi connectivity index (χ2n) is 11.3. The van der Waals surface area contributed by atoms with E-state index < -0.39 is 34.4 Å². The van der Waals surface area contributed by atoms with Gasteiger partial charge in [0.25, 0.3) is 0 Å². The summed E-state index contributed by atoms with van der Waals surface area (Å²) in [5, 5.41) is 43.8. The molecule has 0 saturated carbocycles. The molecule has 6 N–H and O–H groups in total. The summed E-state index contributed by atoms with van der Waals surface area (Å²) < 4.78 is 28.7. The van der Waals surface area contributed by atoms with Gasteiger partial charge in [-0.2, -0.15) is 0 Å². The molecule has 2 aromatic rings. The SMILES string of the molecule is CN(C)c1cccc2c(S(=O)(=O)NCCCCCCNC(=O)CCCCCN3C[C@H](O)[C@@H](O)[C@H](O)[C@H]3CO)cccc12. The Hall–Kier alpha value is -2.32. The number of benzene rings is 2. The predicted octanol–water partition coefficient (Wildman–Crippen LogP) is 1.18. The van der Waals surface area contributed by atoms with Gasteiger partial charge in [-0.05, 0) is 44.4 Å². The molecule has 1 heterocycles. The van der Waals surface area contributed by atoms with Gasteiger partial charge in [-0.1, -0.05) is 43.5 Å². The molecule has 12 heteroatoms. The summed E-state index contributed by atoms with van der Waals surface area (Å²) in [5.74, 6) is -0.00422. The van der Waals surface area contributed by atoms with E-state index >= 15 is 0 Å². The van der Waals surface area contributed by atoms with Gasteiger partial charge < -0.3 is 30.6 Å². The summed E-state index contributed by atoms with van der Waals surface area (Å²) >= 11 is 0. The van der Waals surface area contributed by atoms with Crippen molar-refractivity contribution in [3.05, 3.63) is 36.4 Å². The van der Waals surface area contributed by atoms with Crippen molar-refractivity contribution in [2.24, 2.45) is 0 Å². The van der Waals surface area contributed by atoms with E-state index in [2.05, 4.69) is 10.0 Å². The van der Waals surface area contributed by atoms with Crippen molar-refractivity contribution in [2.45, 2.75) is 80.6 Å². The number of carbonyl (C=O) groups is 1. The maximum atomic E-state index is 13.0. The van der Waals surface area contributed by atoms with Crippen LogP contribution in [-0.2, 0) is 14.8 Å². The summed E-state index contributed by atoms with van der Waals surface area (Å²) in [6.45, 7) is 1.39. The highest BCUT2D eigenvalue weighted by molar-refractivity contribution is 7.89. The number of amides is 1. The highest BCUT2D eigenvalue weighted by atomic mass is 32.2. The van der Waals surface area contributed by atoms with Crippen LogP contribution in [0.1, 0.15) is 51.4 Å². The van der Waals surface area contributed by atoms with Crippen LogP contribution in [0.25, 0.3) is 10.8 Å². The summed E-state index contributed by atoms with van der Waals surface area (Å²) in [6.07, 6.45) is 2.44. The van der Waals surface area contributed by atoms with Gasteiger partial charge in [0.1, 0.15) is 12.2 Å². The fourth-order valence-corrected chi connectivity index (χ4v) is 6.80. The molecule has 4 atom stereocenters. The van der Waals surface area contributed by atoms with Crippen LogP contribution >= 0.6 is 0 Å². The minimum absolute atomic E-state index is 0.00422. The average Bonchev–Trinajstić information content (AvgIpc) is 2.96. The van der Waals surface area contributed by atoms with Gasteiger partial charge in [-0.3, -0.25) is 9.69 Å². The largest absolute Gasteiger partial charge is 0.395 e. The maximum Gasteiger partial charge on any atom is 0.241 e. The first-order valence-corrected chi connectivity index (χ1v) is 16.4. The normalized spacial score (nSPS) is 21.5. The smallest absolute Gasteiger partial charge is 0.241 e. The number of carbonyl (C=O) groups excluding carboxylic acids is 1. The molecule has 42 heavy (non-hydrogen) atoms. The molecule has 3 rings (SSSR count). The molecule has 236 valence electrons. The Morgan fingerprint density at radius 2 is 1.57 bits per heavy atom. The van der Waals surface area contributed by atoms with Crippen molar-refractivity contribution in [3.63, 3.8) is 0 Å². The van der Waals surface area contributed by atoms with Gasteiger partial charge in [0.05, 0.1) is 23.6 Å². The number of likely N-dealkylation sites (tertiary alicyclic amines) is 1. The van der Waals surface area contributed by atoms with E-state index in [1.165, 1.54) is 0 Å². The van der Waals surface area contributed by atoms with E-state index in [1.54, 1.807) is 17.0 Å². The fourth-order valence-electron chi connectivity index (χ4n) is 5.51. The van der Waals surface area contributed by atoms with Crippen molar-refractivity contribution < 1.29 is 33.6 Å². The lowest BCUT2D eigenvalue weighted by Gasteiger charge is -2.43. The topological polar surface area (TPSA) is 163 Å². The Kier molecular flexibility index (Phi) is 13.4. The monoisotopic (exact) mass is 608 g/mol. The zero-order valence-corrected chi connectivity index (χ0v) is 25.6. The quantitative estimate of drug-likeness (QED) is 0.145. The van der Waals surface area contributed by atoms with E-state index in [-0.39, 0.29) is 24.0 Å². The molecule has 1 aliphatic rings. The number of sulfonamides is 1. The lowest BCUT2D eigenvalue weighted by molar-refractivity contribution is -0.145. The standard InChI is InChI=1S/C30H48N4O7S/c1-33(2)24-14-10-13-23-22(24)12-11-15-27(23)42(40,41)32-18-8-4-3-7-17-31-28(37)16-6-5-9-19-34-20-26(36)30(39)29(38)25(34)21-35/h10-15,25-26,29-30,32,35-36,38-39H,3-9,16-21H2,1-2H3,(H,31,37)/t25-,26+,29-,30-/m1/s1. The van der Waals surface area contributed by atoms with Gasteiger partial charge in [-0.15, -0.1) is 0 Å². The van der Waals surface area contributed by atoms with Crippen LogP contribution in [-0.4, -0.2) is 111 Å². The van der Waals surface area contributed by atoms with E-state index in [1.807, 2.05) is 43.3 Å². The summed E-state index contributed by atoms with van der Waals surface area (Å²) in [4.78, 5) is 16.2. The number of aliphatic hydroxyl groups excluding tert-OH is 4. The zero-order valence-electron chi connectivity index (χ0n) is 24.8. The Balaban J connectivity index is 1.25. The molecule has 1 amide bonds. The Morgan fingerprint density at radius 3 is 2.29 bits per heavy atom. The molecule has 0 radical (unpaired) electrons. The number of unbranched alkanes of at least 4 members (excludes halogenated alkanes) is 5. The molecule has 1 aliphatic heterocycles. The maximum absolute atomic E-state index is 13.0. The zero-order chi connectivity index (χ0) is 30.7. The van der Waals surface area contributed by atoms with Crippen LogP contribution in [0, 0.1) is 0 Å². The van der Waals surface area contributed by atoms with Crippen molar-refractivity contribution >= 4 is 32.4 Å². The first-order chi connectivity index (χ1) is 20.1. The van der Waals surface area contributed by atoms with Crippen LogP contribution in [0.15, 0.2) is 41.3 Å². The molecule has 2 aromatic carbocycles. The Bertz CT molecular complexity index is 1240. The highest BCUT2D eigenvalue weighted by Crippen LogP contribution is 2.30. The fraction of sp³-hybridized carbons (Fsp3) is 0.633. The number of hydrogen-bond donors (Lipinski definition) is 6. The first-order valence-electron chi connectivity index (χ1n) is 14.9. The van der Waals surface area contributed by atoms with E-state index in [0.29, 0.717) is 44.3 Å². The number of β-amino-alcohol motifs (C(OH)–C–C–N with tert-alkyl or cyclic N) is 1. The second-order valence-corrected chi connectivity index (χ2v) is 13.0. The van der Waals surface area contributed by atoms with Crippen LogP contribution < -0.4 is 14.9 Å². The van der Waals surface area contributed by atoms with Gasteiger partial charge in [0.15, 0.2) is 0 Å². The Labute approximate surface area is 249 Å². The van der Waals surface area contributed by atoms with Crippen LogP contribution in [0.5, 0.6) is 0 Å². The number of rotatable bonds is 17. The molecule has 0 aliphatic carbocycles.